The monoisotopic (exact) mass is 175 g/mol. The molecule has 0 aromatic rings. The highest BCUT2D eigenvalue weighted by Gasteiger charge is 2.21. The summed E-state index contributed by atoms with van der Waals surface area (Å²) in [5, 5.41) is 8.58. The maximum atomic E-state index is 10.4. The third-order valence-electron chi connectivity index (χ3n) is 2.12. The molecule has 0 bridgehead atoms. The molecule has 0 atom stereocenters. The number of thiol groups is 1. The second kappa shape index (κ2) is 3.85. The molecule has 3 nitrogen and oxygen atoms in total. The number of nitrogens with zero attached hydrogens (tertiary/aromatic N) is 1. The normalized spacial score (nSPS) is 19.7. The zero-order valence-electron chi connectivity index (χ0n) is 6.36. The van der Waals surface area contributed by atoms with E-state index < -0.39 is 6.09 Å². The first-order valence-corrected chi connectivity index (χ1v) is 4.33. The molecule has 0 spiro atoms. The molecule has 11 heavy (non-hydrogen) atoms. The van der Waals surface area contributed by atoms with E-state index in [1.54, 1.807) is 0 Å². The summed E-state index contributed by atoms with van der Waals surface area (Å²) >= 11 is 3.90. The maximum Gasteiger partial charge on any atom is 0.417 e. The SMILES string of the molecule is O=C(O)N(S)C1CCCCC1. The summed E-state index contributed by atoms with van der Waals surface area (Å²) < 4.78 is 1.14. The third-order valence-corrected chi connectivity index (χ3v) is 2.61. The fourth-order valence-electron chi connectivity index (χ4n) is 1.48. The van der Waals surface area contributed by atoms with Gasteiger partial charge < -0.3 is 5.11 Å². The molecule has 1 fully saturated rings. The Morgan fingerprint density at radius 2 is 1.91 bits per heavy atom. The minimum Gasteiger partial charge on any atom is -0.464 e. The van der Waals surface area contributed by atoms with Crippen LogP contribution in [-0.4, -0.2) is 21.5 Å². The van der Waals surface area contributed by atoms with Crippen molar-refractivity contribution in [3.8, 4) is 0 Å². The molecule has 64 valence electrons. The summed E-state index contributed by atoms with van der Waals surface area (Å²) in [4.78, 5) is 10.4. The fraction of sp³-hybridized carbons (Fsp3) is 0.857. The minimum atomic E-state index is -0.930. The molecule has 0 radical (unpaired) electrons. The average molecular weight is 175 g/mol. The van der Waals surface area contributed by atoms with Crippen molar-refractivity contribution in [2.24, 2.45) is 0 Å². The topological polar surface area (TPSA) is 40.5 Å². The molecule has 1 saturated carbocycles. The van der Waals surface area contributed by atoms with Gasteiger partial charge in [-0.25, -0.2) is 4.79 Å². The van der Waals surface area contributed by atoms with E-state index in [4.69, 9.17) is 5.11 Å². The molecule has 1 rings (SSSR count). The highest BCUT2D eigenvalue weighted by atomic mass is 32.1. The van der Waals surface area contributed by atoms with E-state index in [0.717, 1.165) is 30.0 Å². The molecule has 0 unspecified atom stereocenters. The van der Waals surface area contributed by atoms with Gasteiger partial charge in [-0.2, -0.15) is 0 Å². The van der Waals surface area contributed by atoms with Crippen LogP contribution >= 0.6 is 12.8 Å². The molecule has 0 heterocycles. The Bertz CT molecular complexity index is 145. The molecule has 0 aromatic heterocycles. The van der Waals surface area contributed by atoms with E-state index in [1.165, 1.54) is 6.42 Å². The summed E-state index contributed by atoms with van der Waals surface area (Å²) in [6.45, 7) is 0. The van der Waals surface area contributed by atoms with E-state index in [-0.39, 0.29) is 6.04 Å². The number of amides is 1. The highest BCUT2D eigenvalue weighted by Crippen LogP contribution is 2.23. The number of carbonyl (C=O) groups is 1. The number of rotatable bonds is 1. The van der Waals surface area contributed by atoms with Gasteiger partial charge in [0, 0.05) is 6.04 Å². The van der Waals surface area contributed by atoms with Gasteiger partial charge in [-0.05, 0) is 12.8 Å². The molecule has 1 aliphatic carbocycles. The van der Waals surface area contributed by atoms with Crippen molar-refractivity contribution in [3.63, 3.8) is 0 Å². The van der Waals surface area contributed by atoms with Crippen molar-refractivity contribution in [2.45, 2.75) is 38.1 Å². The Morgan fingerprint density at radius 3 is 2.36 bits per heavy atom. The Morgan fingerprint density at radius 1 is 1.36 bits per heavy atom. The van der Waals surface area contributed by atoms with Crippen LogP contribution in [0.1, 0.15) is 32.1 Å². The molecular formula is C7H13NO2S. The van der Waals surface area contributed by atoms with Crippen LogP contribution in [0.2, 0.25) is 0 Å². The van der Waals surface area contributed by atoms with Crippen LogP contribution in [0.25, 0.3) is 0 Å². The van der Waals surface area contributed by atoms with Gasteiger partial charge in [0.2, 0.25) is 0 Å². The smallest absolute Gasteiger partial charge is 0.417 e. The average Bonchev–Trinajstić information content (AvgIpc) is 2.05. The zero-order valence-corrected chi connectivity index (χ0v) is 7.26. The predicted molar refractivity (Wildman–Crippen MR) is 45.7 cm³/mol. The van der Waals surface area contributed by atoms with Crippen molar-refractivity contribution in [1.29, 1.82) is 0 Å². The van der Waals surface area contributed by atoms with Crippen LogP contribution in [0.5, 0.6) is 0 Å². The van der Waals surface area contributed by atoms with E-state index >= 15 is 0 Å². The van der Waals surface area contributed by atoms with Crippen molar-refractivity contribution in [2.75, 3.05) is 0 Å². The quantitative estimate of drug-likeness (QED) is 0.599. The molecule has 1 aliphatic rings. The molecule has 0 saturated heterocycles. The Labute approximate surface area is 71.9 Å². The van der Waals surface area contributed by atoms with E-state index in [0.29, 0.717) is 0 Å². The lowest BCUT2D eigenvalue weighted by Crippen LogP contribution is -2.33. The third kappa shape index (κ3) is 2.29. The van der Waals surface area contributed by atoms with Crippen molar-refractivity contribution < 1.29 is 9.90 Å². The minimum absolute atomic E-state index is 0.143. The number of carboxylic acid groups (broad SMARTS) is 1. The largest absolute Gasteiger partial charge is 0.464 e. The second-order valence-electron chi connectivity index (χ2n) is 2.92. The summed E-state index contributed by atoms with van der Waals surface area (Å²) in [6.07, 6.45) is 4.51. The summed E-state index contributed by atoms with van der Waals surface area (Å²) in [5.74, 6) is 0. The number of hydrogen-bond acceptors (Lipinski definition) is 2. The van der Waals surface area contributed by atoms with Gasteiger partial charge in [-0.1, -0.05) is 32.1 Å². The van der Waals surface area contributed by atoms with E-state index in [9.17, 15) is 4.79 Å². The van der Waals surface area contributed by atoms with Gasteiger partial charge in [-0.3, -0.25) is 4.31 Å². The Kier molecular flexibility index (Phi) is 3.05. The molecular weight excluding hydrogens is 162 g/mol. The Hall–Kier alpha value is -0.380. The molecule has 4 heteroatoms. The summed E-state index contributed by atoms with van der Waals surface area (Å²) in [7, 11) is 0. The van der Waals surface area contributed by atoms with Gasteiger partial charge in [-0.15, -0.1) is 0 Å². The van der Waals surface area contributed by atoms with Gasteiger partial charge in [0.05, 0.1) is 0 Å². The lowest BCUT2D eigenvalue weighted by Gasteiger charge is -2.27. The first kappa shape index (κ1) is 8.71. The van der Waals surface area contributed by atoms with Crippen LogP contribution in [0.4, 0.5) is 4.79 Å². The lowest BCUT2D eigenvalue weighted by atomic mass is 9.96. The fourth-order valence-corrected chi connectivity index (χ4v) is 1.71. The molecule has 0 aliphatic heterocycles. The van der Waals surface area contributed by atoms with Gasteiger partial charge in [0.25, 0.3) is 0 Å². The van der Waals surface area contributed by atoms with Crippen LogP contribution in [0, 0.1) is 0 Å². The van der Waals surface area contributed by atoms with Crippen molar-refractivity contribution in [1.82, 2.24) is 4.31 Å². The van der Waals surface area contributed by atoms with Crippen molar-refractivity contribution >= 4 is 18.9 Å². The lowest BCUT2D eigenvalue weighted by molar-refractivity contribution is 0.157. The molecule has 1 amide bonds. The summed E-state index contributed by atoms with van der Waals surface area (Å²) in [5.41, 5.74) is 0. The molecule has 1 N–H and O–H groups in total. The van der Waals surface area contributed by atoms with Gasteiger partial charge >= 0.3 is 6.09 Å². The van der Waals surface area contributed by atoms with E-state index in [1.807, 2.05) is 0 Å². The predicted octanol–water partition coefficient (Wildman–Crippen LogP) is 2.14. The highest BCUT2D eigenvalue weighted by molar-refractivity contribution is 7.78. The molecule has 0 aromatic carbocycles. The summed E-state index contributed by atoms with van der Waals surface area (Å²) in [6, 6.07) is 0.143. The van der Waals surface area contributed by atoms with Crippen molar-refractivity contribution in [3.05, 3.63) is 0 Å². The number of hydrogen-bond donors (Lipinski definition) is 2. The van der Waals surface area contributed by atoms with Crippen LogP contribution in [0.15, 0.2) is 0 Å². The second-order valence-corrected chi connectivity index (χ2v) is 3.35. The maximum absolute atomic E-state index is 10.4. The van der Waals surface area contributed by atoms with Gasteiger partial charge in [0.1, 0.15) is 0 Å². The van der Waals surface area contributed by atoms with Crippen LogP contribution in [-0.2, 0) is 0 Å². The van der Waals surface area contributed by atoms with Crippen LogP contribution < -0.4 is 0 Å². The first-order chi connectivity index (χ1) is 5.22. The first-order valence-electron chi connectivity index (χ1n) is 3.93. The van der Waals surface area contributed by atoms with Crippen LogP contribution in [0.3, 0.4) is 0 Å². The zero-order chi connectivity index (χ0) is 8.27. The van der Waals surface area contributed by atoms with E-state index in [2.05, 4.69) is 12.8 Å². The Balaban J connectivity index is 2.38. The van der Waals surface area contributed by atoms with Gasteiger partial charge in [0.15, 0.2) is 0 Å². The standard InChI is InChI=1S/C7H13NO2S/c9-7(10)8(11)6-4-2-1-3-5-6/h6,11H,1-5H2,(H,9,10).